The van der Waals surface area contributed by atoms with Crippen LogP contribution in [0.4, 0.5) is 4.79 Å². The number of nitrogens with zero attached hydrogens (tertiary/aromatic N) is 2. The number of imide groups is 2. The summed E-state index contributed by atoms with van der Waals surface area (Å²) >= 11 is 11.7. The Morgan fingerprint density at radius 2 is 1.23 bits per heavy atom. The van der Waals surface area contributed by atoms with Crippen molar-refractivity contribution in [3.05, 3.63) is 69.7 Å². The minimum absolute atomic E-state index is 0.195. The summed E-state index contributed by atoms with van der Waals surface area (Å²) in [4.78, 5) is 65.6. The molecule has 160 valence electrons. The van der Waals surface area contributed by atoms with E-state index in [0.29, 0.717) is 10.0 Å². The van der Waals surface area contributed by atoms with E-state index < -0.39 is 47.7 Å². The molecule has 7 nitrogen and oxygen atoms in total. The number of urea groups is 1. The van der Waals surface area contributed by atoms with Crippen molar-refractivity contribution >= 4 is 52.6 Å². The third-order valence-corrected chi connectivity index (χ3v) is 5.71. The Morgan fingerprint density at radius 1 is 0.806 bits per heavy atom. The van der Waals surface area contributed by atoms with Crippen molar-refractivity contribution in [1.29, 1.82) is 0 Å². The Labute approximate surface area is 188 Å². The van der Waals surface area contributed by atoms with Crippen LogP contribution in [-0.4, -0.2) is 53.3 Å². The van der Waals surface area contributed by atoms with Gasteiger partial charge in [-0.3, -0.25) is 29.0 Å². The monoisotopic (exact) mass is 460 g/mol. The fraction of sp³-hybridized carbons (Fsp3) is 0.227. The van der Waals surface area contributed by atoms with E-state index in [1.807, 2.05) is 0 Å². The molecule has 2 aromatic rings. The lowest BCUT2D eigenvalue weighted by molar-refractivity contribution is -0.149. The highest BCUT2D eigenvalue weighted by atomic mass is 35.5. The van der Waals surface area contributed by atoms with Gasteiger partial charge in [-0.15, -0.1) is 0 Å². The number of amides is 4. The average Bonchev–Trinajstić information content (AvgIpc) is 2.76. The Bertz CT molecular complexity index is 1040. The number of hydrogen-bond donors (Lipinski definition) is 0. The molecular formula is C22H18Cl2N2O5. The Kier molecular flexibility index (Phi) is 6.57. The fourth-order valence-electron chi connectivity index (χ4n) is 3.42. The molecule has 1 heterocycles. The molecule has 31 heavy (non-hydrogen) atoms. The van der Waals surface area contributed by atoms with Gasteiger partial charge in [-0.2, -0.15) is 0 Å². The molecule has 4 amide bonds. The summed E-state index contributed by atoms with van der Waals surface area (Å²) in [7, 11) is 2.46. The molecule has 0 radical (unpaired) electrons. The lowest BCUT2D eigenvalue weighted by Gasteiger charge is -2.35. The molecule has 2 aromatic carbocycles. The first kappa shape index (κ1) is 22.7. The zero-order chi connectivity index (χ0) is 22.9. The normalized spacial score (nSPS) is 15.9. The maximum Gasteiger partial charge on any atom is 0.332 e. The third-order valence-electron chi connectivity index (χ3n) is 5.21. The number of carbonyl (C=O) groups excluding carboxylic acids is 5. The number of rotatable bonds is 6. The molecule has 0 spiro atoms. The van der Waals surface area contributed by atoms with Gasteiger partial charge in [0.15, 0.2) is 11.6 Å². The van der Waals surface area contributed by atoms with E-state index in [4.69, 9.17) is 23.2 Å². The van der Waals surface area contributed by atoms with Crippen LogP contribution in [0.3, 0.4) is 0 Å². The average molecular weight is 461 g/mol. The van der Waals surface area contributed by atoms with Gasteiger partial charge < -0.3 is 0 Å². The summed E-state index contributed by atoms with van der Waals surface area (Å²) in [6.45, 7) is 0. The van der Waals surface area contributed by atoms with Gasteiger partial charge in [0.25, 0.3) is 0 Å². The standard InChI is InChI=1S/C22H18Cl2N2O5/c1-25-20(29)18(21(30)26(2)22(25)31)16(19(28)13-5-9-15(24)10-6-13)11-17(27)12-3-7-14(23)8-4-12/h3-10,16,18H,11H2,1-2H3. The summed E-state index contributed by atoms with van der Waals surface area (Å²) in [5.74, 6) is -5.48. The van der Waals surface area contributed by atoms with Crippen molar-refractivity contribution in [2.24, 2.45) is 11.8 Å². The number of carbonyl (C=O) groups is 5. The van der Waals surface area contributed by atoms with E-state index in [-0.39, 0.29) is 11.1 Å². The summed E-state index contributed by atoms with van der Waals surface area (Å²) in [6.07, 6.45) is -0.402. The number of hydrogen-bond acceptors (Lipinski definition) is 5. The second kappa shape index (κ2) is 8.99. The minimum atomic E-state index is -1.51. The van der Waals surface area contributed by atoms with Crippen LogP contribution < -0.4 is 0 Å². The Balaban J connectivity index is 2.02. The highest BCUT2D eigenvalue weighted by molar-refractivity contribution is 6.31. The zero-order valence-corrected chi connectivity index (χ0v) is 18.2. The van der Waals surface area contributed by atoms with Crippen LogP contribution in [-0.2, 0) is 9.59 Å². The molecule has 0 aromatic heterocycles. The highest BCUT2D eigenvalue weighted by Crippen LogP contribution is 2.30. The van der Waals surface area contributed by atoms with Gasteiger partial charge in [0.2, 0.25) is 11.8 Å². The molecule has 1 aliphatic rings. The Morgan fingerprint density at radius 3 is 1.68 bits per heavy atom. The number of ketones is 2. The summed E-state index contributed by atoms with van der Waals surface area (Å²) in [6, 6.07) is 11.2. The van der Waals surface area contributed by atoms with E-state index in [2.05, 4.69) is 0 Å². The minimum Gasteiger partial charge on any atom is -0.294 e. The van der Waals surface area contributed by atoms with E-state index >= 15 is 0 Å². The number of halogens is 2. The molecule has 1 unspecified atom stereocenters. The molecule has 1 aliphatic heterocycles. The second-order valence-electron chi connectivity index (χ2n) is 7.17. The maximum absolute atomic E-state index is 13.3. The molecule has 0 aliphatic carbocycles. The number of benzene rings is 2. The van der Waals surface area contributed by atoms with Crippen LogP contribution in [0.1, 0.15) is 27.1 Å². The van der Waals surface area contributed by atoms with Crippen molar-refractivity contribution in [2.45, 2.75) is 6.42 Å². The van der Waals surface area contributed by atoms with Crippen LogP contribution in [0, 0.1) is 11.8 Å². The largest absolute Gasteiger partial charge is 0.332 e. The summed E-state index contributed by atoms with van der Waals surface area (Å²) in [5.41, 5.74) is 0.480. The quantitative estimate of drug-likeness (QED) is 0.483. The van der Waals surface area contributed by atoms with Gasteiger partial charge >= 0.3 is 6.03 Å². The van der Waals surface area contributed by atoms with E-state index in [9.17, 15) is 24.0 Å². The molecular weight excluding hydrogens is 443 g/mol. The van der Waals surface area contributed by atoms with Crippen LogP contribution in [0.25, 0.3) is 0 Å². The van der Waals surface area contributed by atoms with E-state index in [1.54, 1.807) is 0 Å². The van der Waals surface area contributed by atoms with Gasteiger partial charge in [0, 0.05) is 41.7 Å². The van der Waals surface area contributed by atoms with Crippen LogP contribution in [0.5, 0.6) is 0 Å². The lowest BCUT2D eigenvalue weighted by atomic mass is 9.79. The van der Waals surface area contributed by atoms with Crippen LogP contribution in [0.2, 0.25) is 10.0 Å². The van der Waals surface area contributed by atoms with Crippen LogP contribution >= 0.6 is 23.2 Å². The van der Waals surface area contributed by atoms with E-state index in [0.717, 1.165) is 9.80 Å². The molecule has 1 fully saturated rings. The van der Waals surface area contributed by atoms with Crippen molar-refractivity contribution < 1.29 is 24.0 Å². The molecule has 0 N–H and O–H groups in total. The first-order valence-electron chi connectivity index (χ1n) is 9.29. The molecule has 1 atom stereocenters. The van der Waals surface area contributed by atoms with Crippen molar-refractivity contribution in [3.63, 3.8) is 0 Å². The van der Waals surface area contributed by atoms with Gasteiger partial charge in [0.05, 0.1) is 5.92 Å². The zero-order valence-electron chi connectivity index (χ0n) is 16.7. The predicted octanol–water partition coefficient (Wildman–Crippen LogP) is 3.73. The molecule has 3 rings (SSSR count). The SMILES string of the molecule is CN1C(=O)C(C(CC(=O)c2ccc(Cl)cc2)C(=O)c2ccc(Cl)cc2)C(=O)N(C)C1=O. The van der Waals surface area contributed by atoms with Gasteiger partial charge in [-0.25, -0.2) is 4.79 Å². The fourth-order valence-corrected chi connectivity index (χ4v) is 3.68. The lowest BCUT2D eigenvalue weighted by Crippen LogP contribution is -2.59. The molecule has 0 saturated carbocycles. The van der Waals surface area contributed by atoms with Gasteiger partial charge in [-0.1, -0.05) is 23.2 Å². The third kappa shape index (κ3) is 4.52. The molecule has 0 bridgehead atoms. The van der Waals surface area contributed by atoms with Gasteiger partial charge in [0.1, 0.15) is 5.92 Å². The second-order valence-corrected chi connectivity index (χ2v) is 8.04. The van der Waals surface area contributed by atoms with Crippen molar-refractivity contribution in [3.8, 4) is 0 Å². The smallest absolute Gasteiger partial charge is 0.294 e. The Hall–Kier alpha value is -3.03. The van der Waals surface area contributed by atoms with Crippen LogP contribution in [0.15, 0.2) is 48.5 Å². The summed E-state index contributed by atoms with van der Waals surface area (Å²) < 4.78 is 0. The topological polar surface area (TPSA) is 91.8 Å². The number of barbiturate groups is 1. The van der Waals surface area contributed by atoms with E-state index in [1.165, 1.54) is 62.6 Å². The number of Topliss-reactive ketones (excluding diaryl/α,β-unsaturated/α-hetero) is 2. The van der Waals surface area contributed by atoms with Crippen molar-refractivity contribution in [1.82, 2.24) is 9.80 Å². The first-order valence-corrected chi connectivity index (χ1v) is 10.0. The van der Waals surface area contributed by atoms with Gasteiger partial charge in [-0.05, 0) is 48.5 Å². The molecule has 1 saturated heterocycles. The highest BCUT2D eigenvalue weighted by Gasteiger charge is 2.49. The first-order chi connectivity index (χ1) is 14.6. The molecule has 9 heteroatoms. The van der Waals surface area contributed by atoms with Crippen molar-refractivity contribution in [2.75, 3.05) is 14.1 Å². The predicted molar refractivity (Wildman–Crippen MR) is 114 cm³/mol. The maximum atomic E-state index is 13.3. The summed E-state index contributed by atoms with van der Waals surface area (Å²) in [5, 5.41) is 0.838.